The van der Waals surface area contributed by atoms with Gasteiger partial charge < -0.3 is 10.6 Å². The smallest absolute Gasteiger partial charge is 0.223 e. The van der Waals surface area contributed by atoms with Crippen LogP contribution >= 0.6 is 12.4 Å². The SMILES string of the molecule is C[C@H]1C[C@@H](C(=O)NCc2cccnc2-n2ccnc2)CCN1.Cl. The zero-order valence-electron chi connectivity index (χ0n) is 13.1. The molecule has 1 fully saturated rings. The van der Waals surface area contributed by atoms with E-state index in [0.717, 1.165) is 30.8 Å². The van der Waals surface area contributed by atoms with Crippen molar-refractivity contribution in [3.05, 3.63) is 42.6 Å². The number of imidazole rings is 1. The molecule has 1 aliphatic heterocycles. The summed E-state index contributed by atoms with van der Waals surface area (Å²) in [6, 6.07) is 4.27. The van der Waals surface area contributed by atoms with Crippen LogP contribution < -0.4 is 10.6 Å². The number of aromatic nitrogens is 3. The fraction of sp³-hybridized carbons (Fsp3) is 0.438. The number of carbonyl (C=O) groups excluding carboxylic acids is 1. The molecule has 1 saturated heterocycles. The maximum absolute atomic E-state index is 12.3. The van der Waals surface area contributed by atoms with Gasteiger partial charge in [-0.25, -0.2) is 9.97 Å². The van der Waals surface area contributed by atoms with Crippen LogP contribution in [0.4, 0.5) is 0 Å². The average molecular weight is 336 g/mol. The molecule has 0 saturated carbocycles. The molecule has 1 amide bonds. The molecular formula is C16H22ClN5O. The second-order valence-electron chi connectivity index (χ2n) is 5.75. The third-order valence-corrected chi connectivity index (χ3v) is 4.06. The molecule has 0 radical (unpaired) electrons. The maximum Gasteiger partial charge on any atom is 0.223 e. The minimum Gasteiger partial charge on any atom is -0.352 e. The van der Waals surface area contributed by atoms with Gasteiger partial charge >= 0.3 is 0 Å². The molecule has 2 atom stereocenters. The highest BCUT2D eigenvalue weighted by molar-refractivity contribution is 5.85. The molecular weight excluding hydrogens is 314 g/mol. The molecule has 2 N–H and O–H groups in total. The number of nitrogens with zero attached hydrogens (tertiary/aromatic N) is 3. The summed E-state index contributed by atoms with van der Waals surface area (Å²) in [5, 5.41) is 6.42. The Kier molecular flexibility index (Phi) is 6.12. The van der Waals surface area contributed by atoms with Crippen LogP contribution in [0.2, 0.25) is 0 Å². The topological polar surface area (TPSA) is 71.8 Å². The summed E-state index contributed by atoms with van der Waals surface area (Å²) < 4.78 is 1.86. The molecule has 2 aromatic heterocycles. The van der Waals surface area contributed by atoms with Crippen molar-refractivity contribution in [1.29, 1.82) is 0 Å². The average Bonchev–Trinajstić information content (AvgIpc) is 3.07. The molecule has 7 heteroatoms. The highest BCUT2D eigenvalue weighted by atomic mass is 35.5. The predicted octanol–water partition coefficient (Wildman–Crippen LogP) is 1.69. The zero-order valence-corrected chi connectivity index (χ0v) is 13.9. The fourth-order valence-corrected chi connectivity index (χ4v) is 2.88. The van der Waals surface area contributed by atoms with E-state index >= 15 is 0 Å². The van der Waals surface area contributed by atoms with Gasteiger partial charge in [0.05, 0.1) is 0 Å². The van der Waals surface area contributed by atoms with Crippen LogP contribution in [0.15, 0.2) is 37.1 Å². The molecule has 23 heavy (non-hydrogen) atoms. The van der Waals surface area contributed by atoms with Gasteiger partial charge in [-0.15, -0.1) is 12.4 Å². The predicted molar refractivity (Wildman–Crippen MR) is 90.6 cm³/mol. The summed E-state index contributed by atoms with van der Waals surface area (Å²) in [6.45, 7) is 3.52. The molecule has 0 unspecified atom stereocenters. The first-order valence-corrected chi connectivity index (χ1v) is 7.67. The van der Waals surface area contributed by atoms with Crippen LogP contribution in [0.1, 0.15) is 25.3 Å². The Morgan fingerprint density at radius 1 is 1.48 bits per heavy atom. The normalized spacial score (nSPS) is 20.6. The van der Waals surface area contributed by atoms with Crippen molar-refractivity contribution >= 4 is 18.3 Å². The minimum atomic E-state index is 0. The van der Waals surface area contributed by atoms with Gasteiger partial charge in [-0.1, -0.05) is 6.07 Å². The minimum absolute atomic E-state index is 0. The van der Waals surface area contributed by atoms with E-state index in [-0.39, 0.29) is 24.2 Å². The van der Waals surface area contributed by atoms with E-state index in [2.05, 4.69) is 27.5 Å². The van der Waals surface area contributed by atoms with Crippen LogP contribution in [-0.4, -0.2) is 33.0 Å². The number of rotatable bonds is 4. The molecule has 2 aromatic rings. The van der Waals surface area contributed by atoms with E-state index in [1.807, 2.05) is 22.9 Å². The number of halogens is 1. The third kappa shape index (κ3) is 4.30. The number of pyridine rings is 1. The van der Waals surface area contributed by atoms with Crippen LogP contribution in [0.25, 0.3) is 5.82 Å². The van der Waals surface area contributed by atoms with Crippen molar-refractivity contribution in [2.24, 2.45) is 5.92 Å². The van der Waals surface area contributed by atoms with Gasteiger partial charge in [-0.2, -0.15) is 0 Å². The number of piperidine rings is 1. The summed E-state index contributed by atoms with van der Waals surface area (Å²) in [5.74, 6) is 1.04. The lowest BCUT2D eigenvalue weighted by Gasteiger charge is -2.27. The Bertz CT molecular complexity index is 631. The molecule has 0 bridgehead atoms. The Balaban J connectivity index is 0.00000192. The summed E-state index contributed by atoms with van der Waals surface area (Å²) >= 11 is 0. The Labute approximate surface area is 142 Å². The fourth-order valence-electron chi connectivity index (χ4n) is 2.88. The summed E-state index contributed by atoms with van der Waals surface area (Å²) in [5.41, 5.74) is 0.982. The van der Waals surface area contributed by atoms with Crippen molar-refractivity contribution in [2.45, 2.75) is 32.4 Å². The first kappa shape index (κ1) is 17.4. The Morgan fingerprint density at radius 3 is 3.09 bits per heavy atom. The second-order valence-corrected chi connectivity index (χ2v) is 5.75. The number of nitrogens with one attached hydrogen (secondary N) is 2. The van der Waals surface area contributed by atoms with E-state index in [1.54, 1.807) is 18.7 Å². The van der Waals surface area contributed by atoms with Gasteiger partial charge in [0.1, 0.15) is 12.1 Å². The van der Waals surface area contributed by atoms with E-state index in [9.17, 15) is 4.79 Å². The number of hydrogen-bond donors (Lipinski definition) is 2. The highest BCUT2D eigenvalue weighted by Crippen LogP contribution is 2.17. The van der Waals surface area contributed by atoms with Crippen LogP contribution in [0.5, 0.6) is 0 Å². The summed E-state index contributed by atoms with van der Waals surface area (Å²) in [4.78, 5) is 20.8. The van der Waals surface area contributed by atoms with Crippen LogP contribution in [0, 0.1) is 5.92 Å². The molecule has 6 nitrogen and oxygen atoms in total. The lowest BCUT2D eigenvalue weighted by Crippen LogP contribution is -2.42. The quantitative estimate of drug-likeness (QED) is 0.892. The highest BCUT2D eigenvalue weighted by Gasteiger charge is 2.24. The van der Waals surface area contributed by atoms with E-state index in [1.165, 1.54) is 0 Å². The third-order valence-electron chi connectivity index (χ3n) is 4.06. The van der Waals surface area contributed by atoms with Crippen molar-refractivity contribution < 1.29 is 4.79 Å². The molecule has 1 aliphatic rings. The number of carbonyl (C=O) groups is 1. The van der Waals surface area contributed by atoms with Crippen LogP contribution in [-0.2, 0) is 11.3 Å². The van der Waals surface area contributed by atoms with Gasteiger partial charge in [0.2, 0.25) is 5.91 Å². The van der Waals surface area contributed by atoms with Crippen molar-refractivity contribution in [1.82, 2.24) is 25.2 Å². The van der Waals surface area contributed by atoms with E-state index in [0.29, 0.717) is 12.6 Å². The molecule has 0 aromatic carbocycles. The van der Waals surface area contributed by atoms with Crippen molar-refractivity contribution in [3.8, 4) is 5.82 Å². The first-order chi connectivity index (χ1) is 10.7. The largest absolute Gasteiger partial charge is 0.352 e. The van der Waals surface area contributed by atoms with Gasteiger partial charge in [-0.05, 0) is 32.4 Å². The molecule has 0 spiro atoms. The second kappa shape index (κ2) is 8.08. The van der Waals surface area contributed by atoms with Crippen LogP contribution in [0.3, 0.4) is 0 Å². The van der Waals surface area contributed by atoms with Gasteiger partial charge in [-0.3, -0.25) is 9.36 Å². The zero-order chi connectivity index (χ0) is 15.4. The lowest BCUT2D eigenvalue weighted by atomic mass is 9.92. The molecule has 3 rings (SSSR count). The molecule has 3 heterocycles. The van der Waals surface area contributed by atoms with Gasteiger partial charge in [0.25, 0.3) is 0 Å². The lowest BCUT2D eigenvalue weighted by molar-refractivity contribution is -0.126. The van der Waals surface area contributed by atoms with Gasteiger partial charge in [0, 0.05) is 42.7 Å². The van der Waals surface area contributed by atoms with Crippen molar-refractivity contribution in [2.75, 3.05) is 6.54 Å². The maximum atomic E-state index is 12.3. The van der Waals surface area contributed by atoms with Crippen molar-refractivity contribution in [3.63, 3.8) is 0 Å². The van der Waals surface area contributed by atoms with Gasteiger partial charge in [0.15, 0.2) is 0 Å². The molecule has 124 valence electrons. The van der Waals surface area contributed by atoms with E-state index < -0.39 is 0 Å². The number of hydrogen-bond acceptors (Lipinski definition) is 4. The Morgan fingerprint density at radius 2 is 2.35 bits per heavy atom. The Hall–Kier alpha value is -1.92. The summed E-state index contributed by atoms with van der Waals surface area (Å²) in [6.07, 6.45) is 8.82. The number of amides is 1. The van der Waals surface area contributed by atoms with E-state index in [4.69, 9.17) is 0 Å². The summed E-state index contributed by atoms with van der Waals surface area (Å²) in [7, 11) is 0. The first-order valence-electron chi connectivity index (χ1n) is 7.67. The molecule has 0 aliphatic carbocycles. The monoisotopic (exact) mass is 335 g/mol. The standard InChI is InChI=1S/C16H21N5O.ClH/c1-12-9-13(4-6-18-12)16(22)20-10-14-3-2-5-19-15(14)21-8-7-17-11-21;/h2-3,5,7-8,11-13,18H,4,6,9-10H2,1H3,(H,20,22);1H/t12-,13-;/m0./s1.